The Kier molecular flexibility index (Phi) is 4.32. The number of unbranched alkanes of at least 4 members (excludes halogenated alkanes) is 3. The van der Waals surface area contributed by atoms with Gasteiger partial charge in [-0.3, -0.25) is 14.9 Å². The minimum atomic E-state index is -0.305. The number of hydrogen-bond acceptors (Lipinski definition) is 3. The van der Waals surface area contributed by atoms with Gasteiger partial charge in [0, 0.05) is 18.3 Å². The van der Waals surface area contributed by atoms with Crippen LogP contribution >= 0.6 is 0 Å². The summed E-state index contributed by atoms with van der Waals surface area (Å²) in [5, 5.41) is 10.7. The molecule has 1 heterocycles. The largest absolute Gasteiger partial charge is 0.396 e. The van der Waals surface area contributed by atoms with Crippen LogP contribution in [0.3, 0.4) is 0 Å². The molecule has 0 aliphatic carbocycles. The molecule has 0 spiro atoms. The summed E-state index contributed by atoms with van der Waals surface area (Å²) in [6.45, 7) is 0.224. The SMILES string of the molecule is O=C1C=C(CCCCCCO)C(=O)N1. The van der Waals surface area contributed by atoms with Crippen LogP contribution in [0.2, 0.25) is 0 Å². The van der Waals surface area contributed by atoms with E-state index in [1.165, 1.54) is 6.08 Å². The Labute approximate surface area is 83.0 Å². The zero-order valence-electron chi connectivity index (χ0n) is 8.08. The fourth-order valence-corrected chi connectivity index (χ4v) is 1.42. The standard InChI is InChI=1S/C10H15NO3/c12-6-4-2-1-3-5-8-7-9(13)11-10(8)14/h7,12H,1-6H2,(H,11,13,14). The first kappa shape index (κ1) is 10.9. The second kappa shape index (κ2) is 5.54. The van der Waals surface area contributed by atoms with Gasteiger partial charge in [0.05, 0.1) is 0 Å². The number of carbonyl (C=O) groups excluding carboxylic acids is 2. The van der Waals surface area contributed by atoms with Crippen molar-refractivity contribution in [2.24, 2.45) is 0 Å². The van der Waals surface area contributed by atoms with Crippen molar-refractivity contribution in [3.05, 3.63) is 11.6 Å². The molecular weight excluding hydrogens is 182 g/mol. The fourth-order valence-electron chi connectivity index (χ4n) is 1.42. The first-order valence-corrected chi connectivity index (χ1v) is 4.91. The Balaban J connectivity index is 2.15. The highest BCUT2D eigenvalue weighted by atomic mass is 16.3. The molecule has 0 aromatic rings. The number of rotatable bonds is 6. The van der Waals surface area contributed by atoms with Gasteiger partial charge in [0.2, 0.25) is 0 Å². The van der Waals surface area contributed by atoms with Crippen molar-refractivity contribution in [3.63, 3.8) is 0 Å². The van der Waals surface area contributed by atoms with Gasteiger partial charge in [0.25, 0.3) is 11.8 Å². The maximum atomic E-state index is 11.1. The molecule has 0 radical (unpaired) electrons. The maximum absolute atomic E-state index is 11.1. The lowest BCUT2D eigenvalue weighted by molar-refractivity contribution is -0.123. The number of hydrogen-bond donors (Lipinski definition) is 2. The summed E-state index contributed by atoms with van der Waals surface area (Å²) in [4.78, 5) is 21.8. The predicted octanol–water partition coefficient (Wildman–Crippen LogP) is 0.512. The van der Waals surface area contributed by atoms with Gasteiger partial charge >= 0.3 is 0 Å². The van der Waals surface area contributed by atoms with Gasteiger partial charge in [-0.2, -0.15) is 0 Å². The van der Waals surface area contributed by atoms with E-state index in [4.69, 9.17) is 5.11 Å². The summed E-state index contributed by atoms with van der Waals surface area (Å²) in [5.41, 5.74) is 0.582. The van der Waals surface area contributed by atoms with Crippen LogP contribution < -0.4 is 5.32 Å². The Bertz CT molecular complexity index is 258. The van der Waals surface area contributed by atoms with Crippen LogP contribution in [0, 0.1) is 0 Å². The van der Waals surface area contributed by atoms with Crippen LogP contribution in [-0.2, 0) is 9.59 Å². The third-order valence-electron chi connectivity index (χ3n) is 2.19. The highest BCUT2D eigenvalue weighted by Gasteiger charge is 2.19. The molecule has 0 atom stereocenters. The van der Waals surface area contributed by atoms with Gasteiger partial charge in [0.1, 0.15) is 0 Å². The number of aliphatic hydroxyl groups is 1. The third kappa shape index (κ3) is 3.30. The van der Waals surface area contributed by atoms with Crippen molar-refractivity contribution >= 4 is 11.8 Å². The molecule has 0 fully saturated rings. The molecule has 4 nitrogen and oxygen atoms in total. The van der Waals surface area contributed by atoms with E-state index in [1.807, 2.05) is 0 Å². The Morgan fingerprint density at radius 1 is 1.14 bits per heavy atom. The lowest BCUT2D eigenvalue weighted by Gasteiger charge is -1.99. The van der Waals surface area contributed by atoms with Crippen LogP contribution in [-0.4, -0.2) is 23.5 Å². The summed E-state index contributed by atoms with van der Waals surface area (Å²) in [5.74, 6) is -0.558. The topological polar surface area (TPSA) is 66.4 Å². The lowest BCUT2D eigenvalue weighted by Crippen LogP contribution is -2.22. The smallest absolute Gasteiger partial charge is 0.254 e. The molecule has 0 saturated carbocycles. The quantitative estimate of drug-likeness (QED) is 0.481. The van der Waals surface area contributed by atoms with E-state index < -0.39 is 0 Å². The lowest BCUT2D eigenvalue weighted by atomic mass is 10.1. The fraction of sp³-hybridized carbons (Fsp3) is 0.600. The molecule has 0 unspecified atom stereocenters. The molecule has 0 saturated heterocycles. The first-order valence-electron chi connectivity index (χ1n) is 4.91. The Hall–Kier alpha value is -1.16. The molecule has 14 heavy (non-hydrogen) atoms. The van der Waals surface area contributed by atoms with Crippen LogP contribution in [0.5, 0.6) is 0 Å². The summed E-state index contributed by atoms with van der Waals surface area (Å²) < 4.78 is 0. The average molecular weight is 197 g/mol. The van der Waals surface area contributed by atoms with Crippen LogP contribution in [0.4, 0.5) is 0 Å². The molecule has 78 valence electrons. The number of amides is 2. The highest BCUT2D eigenvalue weighted by Crippen LogP contribution is 2.13. The molecular formula is C10H15NO3. The van der Waals surface area contributed by atoms with Crippen LogP contribution in [0.25, 0.3) is 0 Å². The van der Waals surface area contributed by atoms with E-state index in [0.29, 0.717) is 12.0 Å². The second-order valence-electron chi connectivity index (χ2n) is 3.38. The molecule has 4 heteroatoms. The average Bonchev–Trinajstić information content (AvgIpc) is 2.45. The van der Waals surface area contributed by atoms with Crippen molar-refractivity contribution in [1.29, 1.82) is 0 Å². The van der Waals surface area contributed by atoms with Crippen molar-refractivity contribution in [1.82, 2.24) is 5.32 Å². The maximum Gasteiger partial charge on any atom is 0.254 e. The van der Waals surface area contributed by atoms with Gasteiger partial charge in [0.15, 0.2) is 0 Å². The van der Waals surface area contributed by atoms with Crippen molar-refractivity contribution in [2.75, 3.05) is 6.61 Å². The third-order valence-corrected chi connectivity index (χ3v) is 2.19. The van der Waals surface area contributed by atoms with Crippen molar-refractivity contribution in [3.8, 4) is 0 Å². The minimum absolute atomic E-state index is 0.224. The Morgan fingerprint density at radius 3 is 2.43 bits per heavy atom. The summed E-state index contributed by atoms with van der Waals surface area (Å²) in [6, 6.07) is 0. The monoisotopic (exact) mass is 197 g/mol. The van der Waals surface area contributed by atoms with Gasteiger partial charge in [-0.05, 0) is 19.3 Å². The number of carbonyl (C=O) groups is 2. The van der Waals surface area contributed by atoms with E-state index >= 15 is 0 Å². The van der Waals surface area contributed by atoms with Crippen LogP contribution in [0.15, 0.2) is 11.6 Å². The van der Waals surface area contributed by atoms with E-state index in [1.54, 1.807) is 0 Å². The predicted molar refractivity (Wildman–Crippen MR) is 51.4 cm³/mol. The van der Waals surface area contributed by atoms with E-state index in [-0.39, 0.29) is 18.4 Å². The molecule has 2 N–H and O–H groups in total. The Morgan fingerprint density at radius 2 is 1.86 bits per heavy atom. The minimum Gasteiger partial charge on any atom is -0.396 e. The number of aliphatic hydroxyl groups excluding tert-OH is 1. The van der Waals surface area contributed by atoms with E-state index in [0.717, 1.165) is 25.7 Å². The second-order valence-corrected chi connectivity index (χ2v) is 3.38. The van der Waals surface area contributed by atoms with Crippen molar-refractivity contribution < 1.29 is 14.7 Å². The molecule has 2 amide bonds. The van der Waals surface area contributed by atoms with Crippen LogP contribution in [0.1, 0.15) is 32.1 Å². The van der Waals surface area contributed by atoms with Gasteiger partial charge in [-0.25, -0.2) is 0 Å². The summed E-state index contributed by atoms with van der Waals surface area (Å²) >= 11 is 0. The van der Waals surface area contributed by atoms with E-state index in [2.05, 4.69) is 5.32 Å². The normalized spacial score (nSPS) is 15.6. The molecule has 0 bridgehead atoms. The van der Waals surface area contributed by atoms with Gasteiger partial charge < -0.3 is 5.11 Å². The molecule has 1 aliphatic rings. The zero-order valence-corrected chi connectivity index (χ0v) is 8.08. The first-order chi connectivity index (χ1) is 6.74. The van der Waals surface area contributed by atoms with Crippen molar-refractivity contribution in [2.45, 2.75) is 32.1 Å². The zero-order chi connectivity index (χ0) is 10.4. The number of imide groups is 1. The highest BCUT2D eigenvalue weighted by molar-refractivity contribution is 6.16. The molecule has 1 rings (SSSR count). The van der Waals surface area contributed by atoms with Gasteiger partial charge in [-0.15, -0.1) is 0 Å². The molecule has 1 aliphatic heterocycles. The summed E-state index contributed by atoms with van der Waals surface area (Å²) in [7, 11) is 0. The van der Waals surface area contributed by atoms with E-state index in [9.17, 15) is 9.59 Å². The molecule has 0 aromatic carbocycles. The summed E-state index contributed by atoms with van der Waals surface area (Å²) in [6.07, 6.45) is 5.69. The molecule has 0 aromatic heterocycles. The number of nitrogens with one attached hydrogen (secondary N) is 1. The van der Waals surface area contributed by atoms with Gasteiger partial charge in [-0.1, -0.05) is 12.8 Å².